The van der Waals surface area contributed by atoms with E-state index in [1.165, 1.54) is 25.7 Å². The molecule has 6 unspecified atom stereocenters. The molecular weight excluding hydrogens is 390 g/mol. The van der Waals surface area contributed by atoms with Crippen molar-refractivity contribution in [2.24, 2.45) is 29.1 Å². The lowest BCUT2D eigenvalue weighted by Gasteiger charge is -2.70. The number of hydrogen-bond acceptors (Lipinski definition) is 6. The predicted octanol–water partition coefficient (Wildman–Crippen LogP) is 0.259. The fourth-order valence-corrected chi connectivity index (χ4v) is 7.33. The zero-order chi connectivity index (χ0) is 21.5. The molecule has 2 bridgehead atoms. The van der Waals surface area contributed by atoms with E-state index in [4.69, 9.17) is 5.11 Å². The molecule has 6 atom stereocenters. The number of nitrogens with one attached hydrogen (secondary N) is 1. The molecular formula is C21H33N3O6. The van der Waals surface area contributed by atoms with Crippen LogP contribution in [0.25, 0.3) is 0 Å². The van der Waals surface area contributed by atoms with Crippen molar-refractivity contribution in [3.05, 3.63) is 0 Å². The maximum Gasteiger partial charge on any atom is 0.317 e. The third-order valence-electron chi connectivity index (χ3n) is 8.37. The molecule has 0 saturated heterocycles. The maximum atomic E-state index is 11.6. The van der Waals surface area contributed by atoms with Gasteiger partial charge in [0.1, 0.15) is 0 Å². The largest absolute Gasteiger partial charge is 0.480 e. The van der Waals surface area contributed by atoms with Gasteiger partial charge in [-0.1, -0.05) is 0 Å². The summed E-state index contributed by atoms with van der Waals surface area (Å²) in [6.45, 7) is 1.46. The lowest BCUT2D eigenvalue weighted by molar-refractivity contribution is -0.214. The zero-order valence-corrected chi connectivity index (χ0v) is 17.3. The van der Waals surface area contributed by atoms with Gasteiger partial charge in [-0.25, -0.2) is 0 Å². The molecule has 30 heavy (non-hydrogen) atoms. The molecule has 0 amide bonds. The molecule has 0 radical (unpaired) electrons. The SMILES string of the molecule is O=C(O)CNCCN(CCN(CC(=O)O)C1CC2CC3CC4CC1C34C2)CC(=O)O. The minimum Gasteiger partial charge on any atom is -0.480 e. The number of rotatable bonds is 13. The minimum absolute atomic E-state index is 0.00250. The smallest absolute Gasteiger partial charge is 0.317 e. The summed E-state index contributed by atoms with van der Waals surface area (Å²) in [4.78, 5) is 37.3. The maximum absolute atomic E-state index is 11.6. The Hall–Kier alpha value is -1.71. The fraction of sp³-hybridized carbons (Fsp3) is 0.857. The summed E-state index contributed by atoms with van der Waals surface area (Å²) in [5.74, 6) is 0.304. The number of carboxylic acids is 3. The molecule has 0 aromatic heterocycles. The molecule has 0 aromatic carbocycles. The Bertz CT molecular complexity index is 702. The summed E-state index contributed by atoms with van der Waals surface area (Å²) in [6.07, 6.45) is 6.31. The summed E-state index contributed by atoms with van der Waals surface area (Å²) in [5.41, 5.74) is 0.492. The van der Waals surface area contributed by atoms with Crippen molar-refractivity contribution >= 4 is 17.9 Å². The van der Waals surface area contributed by atoms with Gasteiger partial charge >= 0.3 is 17.9 Å². The van der Waals surface area contributed by atoms with E-state index in [1.807, 2.05) is 0 Å². The lowest BCUT2D eigenvalue weighted by atomic mass is 9.36. The monoisotopic (exact) mass is 423 g/mol. The highest BCUT2D eigenvalue weighted by Crippen LogP contribution is 2.79. The number of fused-ring (bicyclic) bond motifs is 1. The summed E-state index contributed by atoms with van der Waals surface area (Å²) in [7, 11) is 0. The van der Waals surface area contributed by atoms with Gasteiger partial charge in [0, 0.05) is 32.2 Å². The van der Waals surface area contributed by atoms with Crippen LogP contribution >= 0.6 is 0 Å². The number of carbonyl (C=O) groups is 3. The quantitative estimate of drug-likeness (QED) is 0.308. The van der Waals surface area contributed by atoms with Crippen LogP contribution in [-0.2, 0) is 14.4 Å². The molecule has 0 aromatic rings. The molecule has 4 N–H and O–H groups in total. The van der Waals surface area contributed by atoms with Gasteiger partial charge < -0.3 is 20.6 Å². The number of hydrogen-bond donors (Lipinski definition) is 4. The Balaban J connectivity index is 1.36. The van der Waals surface area contributed by atoms with E-state index in [1.54, 1.807) is 4.90 Å². The van der Waals surface area contributed by atoms with Crippen LogP contribution in [0.4, 0.5) is 0 Å². The third-order valence-corrected chi connectivity index (χ3v) is 8.37. The van der Waals surface area contributed by atoms with Crippen LogP contribution in [0.15, 0.2) is 0 Å². The first-order valence-corrected chi connectivity index (χ1v) is 11.1. The zero-order valence-electron chi connectivity index (χ0n) is 17.3. The summed E-state index contributed by atoms with van der Waals surface area (Å²) >= 11 is 0. The van der Waals surface area contributed by atoms with Crippen molar-refractivity contribution < 1.29 is 29.7 Å². The first-order chi connectivity index (χ1) is 14.3. The Morgan fingerprint density at radius 1 is 0.867 bits per heavy atom. The predicted molar refractivity (Wildman–Crippen MR) is 107 cm³/mol. The van der Waals surface area contributed by atoms with E-state index in [9.17, 15) is 24.6 Å². The van der Waals surface area contributed by atoms with Crippen molar-refractivity contribution in [1.82, 2.24) is 15.1 Å². The number of aliphatic carboxylic acids is 3. The Morgan fingerprint density at radius 3 is 2.27 bits per heavy atom. The van der Waals surface area contributed by atoms with Crippen LogP contribution in [0, 0.1) is 29.1 Å². The molecule has 0 heterocycles. The van der Waals surface area contributed by atoms with Gasteiger partial charge in [-0.2, -0.15) is 0 Å². The van der Waals surface area contributed by atoms with Gasteiger partial charge in [-0.3, -0.25) is 24.2 Å². The topological polar surface area (TPSA) is 130 Å². The molecule has 9 nitrogen and oxygen atoms in total. The van der Waals surface area contributed by atoms with Crippen LogP contribution in [0.1, 0.15) is 32.1 Å². The molecule has 4 aliphatic rings. The van der Waals surface area contributed by atoms with Gasteiger partial charge in [0.05, 0.1) is 19.6 Å². The van der Waals surface area contributed by atoms with Gasteiger partial charge in [0.2, 0.25) is 0 Å². The van der Waals surface area contributed by atoms with Crippen molar-refractivity contribution in [2.75, 3.05) is 45.8 Å². The molecule has 4 fully saturated rings. The second-order valence-corrected chi connectivity index (χ2v) is 9.80. The average Bonchev–Trinajstić information content (AvgIpc) is 3.01. The third kappa shape index (κ3) is 3.94. The van der Waals surface area contributed by atoms with E-state index in [2.05, 4.69) is 10.2 Å². The second-order valence-electron chi connectivity index (χ2n) is 9.80. The molecule has 1 spiro atoms. The minimum atomic E-state index is -0.952. The lowest BCUT2D eigenvalue weighted by Crippen LogP contribution is -2.67. The number of nitrogens with zero attached hydrogens (tertiary/aromatic N) is 2. The van der Waals surface area contributed by atoms with Crippen molar-refractivity contribution in [3.63, 3.8) is 0 Å². The summed E-state index contributed by atoms with van der Waals surface area (Å²) in [5, 5.41) is 30.2. The van der Waals surface area contributed by atoms with E-state index in [0.717, 1.165) is 18.3 Å². The van der Waals surface area contributed by atoms with E-state index in [-0.39, 0.29) is 19.6 Å². The first kappa shape index (κ1) is 21.5. The van der Waals surface area contributed by atoms with E-state index < -0.39 is 17.9 Å². The molecule has 4 aliphatic carbocycles. The van der Waals surface area contributed by atoms with Crippen LogP contribution in [0.2, 0.25) is 0 Å². The van der Waals surface area contributed by atoms with Crippen LogP contribution in [0.5, 0.6) is 0 Å². The second kappa shape index (κ2) is 8.43. The van der Waals surface area contributed by atoms with E-state index >= 15 is 0 Å². The average molecular weight is 424 g/mol. The molecule has 9 heteroatoms. The normalized spacial score (nSPS) is 35.6. The van der Waals surface area contributed by atoms with Crippen molar-refractivity contribution in [2.45, 2.75) is 38.1 Å². The van der Waals surface area contributed by atoms with Crippen LogP contribution in [0.3, 0.4) is 0 Å². The van der Waals surface area contributed by atoms with Crippen LogP contribution < -0.4 is 5.32 Å². The molecule has 4 saturated carbocycles. The standard InChI is InChI=1S/C21H33N3O6/c25-18(26)10-22-1-2-23(11-19(27)28)3-4-24(12-20(29)30)17-6-13-5-14-7-15-8-16(17)21(14,15)9-13/h13-17,22H,1-12H2,(H,25,26)(H,27,28)(H,29,30). The molecule has 168 valence electrons. The molecule has 0 aliphatic heterocycles. The highest BCUT2D eigenvalue weighted by Gasteiger charge is 2.73. The van der Waals surface area contributed by atoms with Crippen molar-refractivity contribution in [1.29, 1.82) is 0 Å². The Labute approximate surface area is 176 Å². The van der Waals surface area contributed by atoms with E-state index in [0.29, 0.717) is 49.5 Å². The highest BCUT2D eigenvalue weighted by atomic mass is 16.4. The Kier molecular flexibility index (Phi) is 6.05. The van der Waals surface area contributed by atoms with Crippen LogP contribution in [-0.4, -0.2) is 94.9 Å². The fourth-order valence-electron chi connectivity index (χ4n) is 7.33. The van der Waals surface area contributed by atoms with Gasteiger partial charge in [0.25, 0.3) is 0 Å². The van der Waals surface area contributed by atoms with Gasteiger partial charge in [-0.15, -0.1) is 0 Å². The summed E-state index contributed by atoms with van der Waals surface area (Å²) < 4.78 is 0. The highest BCUT2D eigenvalue weighted by molar-refractivity contribution is 5.69. The number of carboxylic acid groups (broad SMARTS) is 3. The van der Waals surface area contributed by atoms with Crippen molar-refractivity contribution in [3.8, 4) is 0 Å². The molecule has 4 rings (SSSR count). The first-order valence-electron chi connectivity index (χ1n) is 11.1. The van der Waals surface area contributed by atoms with Gasteiger partial charge in [-0.05, 0) is 61.2 Å². The van der Waals surface area contributed by atoms with Gasteiger partial charge in [0.15, 0.2) is 0 Å². The Morgan fingerprint density at radius 2 is 1.60 bits per heavy atom. The summed E-state index contributed by atoms with van der Waals surface area (Å²) in [6, 6.07) is 0.290.